The van der Waals surface area contributed by atoms with Crippen LogP contribution in [0.25, 0.3) is 0 Å². The number of alkyl halides is 3. The van der Waals surface area contributed by atoms with Crippen molar-refractivity contribution in [1.82, 2.24) is 15.1 Å². The zero-order valence-electron chi connectivity index (χ0n) is 11.1. The first-order valence-corrected chi connectivity index (χ1v) is 6.82. The van der Waals surface area contributed by atoms with Gasteiger partial charge in [-0.05, 0) is 24.8 Å². The summed E-state index contributed by atoms with van der Waals surface area (Å²) in [6, 6.07) is 0.931. The van der Waals surface area contributed by atoms with Gasteiger partial charge in [-0.1, -0.05) is 12.8 Å². The first-order valence-electron chi connectivity index (χ1n) is 6.82. The number of carbonyl (C=O) groups is 1. The maximum absolute atomic E-state index is 12.3. The van der Waals surface area contributed by atoms with E-state index in [0.717, 1.165) is 18.9 Å². The minimum absolute atomic E-state index is 0.0277. The lowest BCUT2D eigenvalue weighted by atomic mass is 10.0. The summed E-state index contributed by atoms with van der Waals surface area (Å²) in [6.07, 6.45) is 1.94. The Balaban J connectivity index is 1.70. The molecule has 1 fully saturated rings. The van der Waals surface area contributed by atoms with Gasteiger partial charge in [0.2, 0.25) is 5.91 Å². The third-order valence-electron chi connectivity index (χ3n) is 3.54. The summed E-state index contributed by atoms with van der Waals surface area (Å²) in [6.45, 7) is 0.539. The largest absolute Gasteiger partial charge is 0.435 e. The van der Waals surface area contributed by atoms with E-state index in [1.54, 1.807) is 0 Å². The number of hydrogen-bond acceptors (Lipinski definition) is 2. The molecule has 1 aliphatic carbocycles. The van der Waals surface area contributed by atoms with Crippen molar-refractivity contribution in [2.75, 3.05) is 6.54 Å². The molecule has 0 unspecified atom stereocenters. The Bertz CT molecular complexity index is 450. The highest BCUT2D eigenvalue weighted by atomic mass is 19.4. The summed E-state index contributed by atoms with van der Waals surface area (Å²) in [5.41, 5.74) is -0.908. The summed E-state index contributed by atoms with van der Waals surface area (Å²) < 4.78 is 38.2. The number of aromatic nitrogens is 2. The fraction of sp³-hybridized carbons (Fsp3) is 0.692. The van der Waals surface area contributed by atoms with E-state index < -0.39 is 11.9 Å². The van der Waals surface area contributed by atoms with Gasteiger partial charge in [0.25, 0.3) is 0 Å². The van der Waals surface area contributed by atoms with Crippen molar-refractivity contribution in [2.24, 2.45) is 5.92 Å². The van der Waals surface area contributed by atoms with Crippen LogP contribution in [-0.4, -0.2) is 22.2 Å². The molecule has 0 saturated heterocycles. The highest BCUT2D eigenvalue weighted by molar-refractivity contribution is 5.76. The zero-order chi connectivity index (χ0) is 14.6. The van der Waals surface area contributed by atoms with Gasteiger partial charge in [0.1, 0.15) is 0 Å². The van der Waals surface area contributed by atoms with Crippen LogP contribution in [0.15, 0.2) is 12.3 Å². The molecule has 1 aromatic heterocycles. The number of halogens is 3. The monoisotopic (exact) mass is 289 g/mol. The highest BCUT2D eigenvalue weighted by Gasteiger charge is 2.33. The van der Waals surface area contributed by atoms with Gasteiger partial charge in [-0.2, -0.15) is 18.3 Å². The van der Waals surface area contributed by atoms with Gasteiger partial charge < -0.3 is 5.32 Å². The van der Waals surface area contributed by atoms with Crippen LogP contribution in [0.5, 0.6) is 0 Å². The number of amides is 1. The molecule has 20 heavy (non-hydrogen) atoms. The molecule has 1 heterocycles. The fourth-order valence-electron chi connectivity index (χ4n) is 2.50. The van der Waals surface area contributed by atoms with Crippen LogP contribution >= 0.6 is 0 Å². The van der Waals surface area contributed by atoms with Crippen molar-refractivity contribution >= 4 is 5.91 Å². The Morgan fingerprint density at radius 1 is 1.40 bits per heavy atom. The van der Waals surface area contributed by atoms with E-state index in [4.69, 9.17) is 0 Å². The Hall–Kier alpha value is -1.53. The summed E-state index contributed by atoms with van der Waals surface area (Å²) in [7, 11) is 0. The van der Waals surface area contributed by atoms with Crippen molar-refractivity contribution in [2.45, 2.75) is 44.8 Å². The van der Waals surface area contributed by atoms with Crippen molar-refractivity contribution in [3.05, 3.63) is 18.0 Å². The molecule has 0 radical (unpaired) electrons. The number of nitrogens with one attached hydrogen (secondary N) is 1. The standard InChI is InChI=1S/C13H18F3N3O/c14-13(15,16)11-5-7-19(18-11)8-6-17-12(20)9-10-3-1-2-4-10/h5,7,10H,1-4,6,8-9H2,(H,17,20). The topological polar surface area (TPSA) is 46.9 Å². The van der Waals surface area contributed by atoms with Crippen LogP contribution in [0.1, 0.15) is 37.8 Å². The number of hydrogen-bond donors (Lipinski definition) is 1. The van der Waals surface area contributed by atoms with E-state index in [9.17, 15) is 18.0 Å². The molecule has 112 valence electrons. The number of rotatable bonds is 5. The van der Waals surface area contributed by atoms with Crippen LogP contribution < -0.4 is 5.32 Å². The predicted octanol–water partition coefficient (Wildman–Crippen LogP) is 2.60. The Kier molecular flexibility index (Phi) is 4.67. The molecule has 0 spiro atoms. The van der Waals surface area contributed by atoms with Crippen molar-refractivity contribution in [3.8, 4) is 0 Å². The Labute approximate surface area is 115 Å². The molecule has 1 aliphatic rings. The lowest BCUT2D eigenvalue weighted by molar-refractivity contribution is -0.141. The summed E-state index contributed by atoms with van der Waals surface area (Å²) in [5.74, 6) is 0.441. The molecule has 4 nitrogen and oxygen atoms in total. The first-order chi connectivity index (χ1) is 9.45. The van der Waals surface area contributed by atoms with E-state index in [-0.39, 0.29) is 12.5 Å². The second-order valence-corrected chi connectivity index (χ2v) is 5.17. The number of nitrogens with zero attached hydrogens (tertiary/aromatic N) is 2. The second kappa shape index (κ2) is 6.28. The van der Waals surface area contributed by atoms with Crippen LogP contribution in [0, 0.1) is 5.92 Å². The Morgan fingerprint density at radius 2 is 2.10 bits per heavy atom. The average Bonchev–Trinajstić information content (AvgIpc) is 2.98. The molecule has 0 bridgehead atoms. The molecular weight excluding hydrogens is 271 g/mol. The molecule has 1 saturated carbocycles. The van der Waals surface area contributed by atoms with Gasteiger partial charge in [0.05, 0.1) is 6.54 Å². The smallest absolute Gasteiger partial charge is 0.354 e. The van der Waals surface area contributed by atoms with E-state index in [1.165, 1.54) is 23.7 Å². The summed E-state index contributed by atoms with van der Waals surface area (Å²) >= 11 is 0. The lowest BCUT2D eigenvalue weighted by Crippen LogP contribution is -2.28. The highest BCUT2D eigenvalue weighted by Crippen LogP contribution is 2.27. The minimum Gasteiger partial charge on any atom is -0.354 e. The Morgan fingerprint density at radius 3 is 2.70 bits per heavy atom. The third kappa shape index (κ3) is 4.25. The van der Waals surface area contributed by atoms with Gasteiger partial charge in [0, 0.05) is 19.2 Å². The van der Waals surface area contributed by atoms with Crippen LogP contribution in [0.2, 0.25) is 0 Å². The zero-order valence-corrected chi connectivity index (χ0v) is 11.1. The molecule has 1 amide bonds. The predicted molar refractivity (Wildman–Crippen MR) is 66.8 cm³/mol. The molecule has 0 atom stereocenters. The molecule has 1 N–H and O–H groups in total. The molecule has 0 aromatic carbocycles. The SMILES string of the molecule is O=C(CC1CCCC1)NCCn1ccc(C(F)(F)F)n1. The minimum atomic E-state index is -4.42. The third-order valence-corrected chi connectivity index (χ3v) is 3.54. The van der Waals surface area contributed by atoms with Crippen LogP contribution in [-0.2, 0) is 17.5 Å². The quantitative estimate of drug-likeness (QED) is 0.905. The van der Waals surface area contributed by atoms with E-state index in [0.29, 0.717) is 18.9 Å². The second-order valence-electron chi connectivity index (χ2n) is 5.17. The van der Waals surface area contributed by atoms with Gasteiger partial charge >= 0.3 is 6.18 Å². The number of carbonyl (C=O) groups excluding carboxylic acids is 1. The average molecular weight is 289 g/mol. The van der Waals surface area contributed by atoms with Gasteiger partial charge in [-0.3, -0.25) is 9.48 Å². The van der Waals surface area contributed by atoms with Crippen molar-refractivity contribution < 1.29 is 18.0 Å². The maximum Gasteiger partial charge on any atom is 0.435 e. The lowest BCUT2D eigenvalue weighted by Gasteiger charge is -2.09. The van der Waals surface area contributed by atoms with Crippen LogP contribution in [0.3, 0.4) is 0 Å². The van der Waals surface area contributed by atoms with E-state index in [1.807, 2.05) is 0 Å². The normalized spacial score (nSPS) is 16.6. The van der Waals surface area contributed by atoms with E-state index >= 15 is 0 Å². The van der Waals surface area contributed by atoms with Gasteiger partial charge in [-0.25, -0.2) is 0 Å². The van der Waals surface area contributed by atoms with Crippen molar-refractivity contribution in [1.29, 1.82) is 0 Å². The first kappa shape index (κ1) is 14.9. The van der Waals surface area contributed by atoms with Gasteiger partial charge in [-0.15, -0.1) is 0 Å². The van der Waals surface area contributed by atoms with Crippen molar-refractivity contribution in [3.63, 3.8) is 0 Å². The molecular formula is C13H18F3N3O. The summed E-state index contributed by atoms with van der Waals surface area (Å²) in [4.78, 5) is 11.6. The molecule has 2 rings (SSSR count). The molecule has 1 aromatic rings. The summed E-state index contributed by atoms with van der Waals surface area (Å²) in [5, 5.41) is 6.15. The van der Waals surface area contributed by atoms with E-state index in [2.05, 4.69) is 10.4 Å². The molecule has 7 heteroatoms. The van der Waals surface area contributed by atoms with Crippen LogP contribution in [0.4, 0.5) is 13.2 Å². The molecule has 0 aliphatic heterocycles. The maximum atomic E-state index is 12.3. The fourth-order valence-corrected chi connectivity index (χ4v) is 2.50. The van der Waals surface area contributed by atoms with Gasteiger partial charge in [0.15, 0.2) is 5.69 Å².